The molecule has 0 radical (unpaired) electrons. The van der Waals surface area contributed by atoms with Crippen LogP contribution in [-0.2, 0) is 0 Å². The number of nitrogens with zero attached hydrogens (tertiary/aromatic N) is 2. The van der Waals surface area contributed by atoms with Crippen molar-refractivity contribution in [2.45, 2.75) is 19.4 Å². The highest BCUT2D eigenvalue weighted by molar-refractivity contribution is 6.06. The quantitative estimate of drug-likeness (QED) is 0.719. The Morgan fingerprint density at radius 2 is 2.07 bits per heavy atom. The van der Waals surface area contributed by atoms with Crippen molar-refractivity contribution in [1.82, 2.24) is 9.88 Å². The summed E-state index contributed by atoms with van der Waals surface area (Å²) >= 11 is 0. The van der Waals surface area contributed by atoms with Crippen LogP contribution in [0.2, 0.25) is 0 Å². The first-order chi connectivity index (χ1) is 13.4. The molecule has 1 atom stereocenters. The van der Waals surface area contributed by atoms with Gasteiger partial charge < -0.3 is 20.1 Å². The number of anilines is 2. The van der Waals surface area contributed by atoms with Crippen molar-refractivity contribution in [3.63, 3.8) is 0 Å². The van der Waals surface area contributed by atoms with E-state index in [1.54, 1.807) is 12.1 Å². The van der Waals surface area contributed by atoms with Crippen LogP contribution >= 0.6 is 0 Å². The molecule has 146 valence electrons. The van der Waals surface area contributed by atoms with Crippen LogP contribution < -0.4 is 10.2 Å². The van der Waals surface area contributed by atoms with Gasteiger partial charge in [-0.05, 0) is 63.3 Å². The predicted octanol–water partition coefficient (Wildman–Crippen LogP) is 4.01. The first kappa shape index (κ1) is 18.5. The van der Waals surface area contributed by atoms with Gasteiger partial charge in [0.15, 0.2) is 0 Å². The zero-order valence-corrected chi connectivity index (χ0v) is 16.4. The number of hydrogen-bond acceptors (Lipinski definition) is 3. The average Bonchev–Trinajstić information content (AvgIpc) is 3.33. The molecule has 0 spiro atoms. The summed E-state index contributed by atoms with van der Waals surface area (Å²) in [6.45, 7) is 3.87. The number of carbonyl (C=O) groups excluding carboxylic acids is 1. The van der Waals surface area contributed by atoms with E-state index in [2.05, 4.69) is 40.3 Å². The van der Waals surface area contributed by atoms with Crippen molar-refractivity contribution >= 4 is 28.2 Å². The number of fused-ring (bicyclic) bond motifs is 1. The fourth-order valence-electron chi connectivity index (χ4n) is 3.82. The number of aromatic nitrogens is 1. The topological polar surface area (TPSA) is 51.4 Å². The lowest BCUT2D eigenvalue weighted by atomic mass is 10.1. The number of nitrogens with one attached hydrogen (secondary N) is 2. The molecule has 1 aliphatic rings. The van der Waals surface area contributed by atoms with E-state index >= 15 is 0 Å². The van der Waals surface area contributed by atoms with Crippen LogP contribution in [0.3, 0.4) is 0 Å². The normalized spacial score (nSPS) is 16.9. The van der Waals surface area contributed by atoms with Crippen LogP contribution in [0.5, 0.6) is 0 Å². The molecule has 1 amide bonds. The molecule has 1 fully saturated rings. The zero-order chi connectivity index (χ0) is 19.8. The van der Waals surface area contributed by atoms with Gasteiger partial charge in [0.05, 0.1) is 5.52 Å². The van der Waals surface area contributed by atoms with Gasteiger partial charge in [-0.3, -0.25) is 4.79 Å². The maximum atomic E-state index is 14.0. The molecule has 4 rings (SSSR count). The molecular weight excluding hydrogens is 355 g/mol. The summed E-state index contributed by atoms with van der Waals surface area (Å²) in [7, 11) is 4.21. The van der Waals surface area contributed by atoms with E-state index in [4.69, 9.17) is 0 Å². The van der Waals surface area contributed by atoms with Crippen LogP contribution in [0.4, 0.5) is 15.8 Å². The Morgan fingerprint density at radius 1 is 1.25 bits per heavy atom. The Balaban J connectivity index is 1.53. The third kappa shape index (κ3) is 3.47. The van der Waals surface area contributed by atoms with Crippen molar-refractivity contribution in [3.05, 3.63) is 59.5 Å². The highest BCUT2D eigenvalue weighted by atomic mass is 19.1. The molecule has 2 N–H and O–H groups in total. The lowest BCUT2D eigenvalue weighted by molar-refractivity contribution is 0.102. The lowest BCUT2D eigenvalue weighted by Gasteiger charge is -2.22. The van der Waals surface area contributed by atoms with Crippen molar-refractivity contribution in [1.29, 1.82) is 0 Å². The standard InChI is InChI=1S/C22H25FN4O/c1-14-7-8-19(23)18-12-20(25-21(14)18)22(28)24-15-5-4-6-16(11-15)27-10-9-17(13-27)26(2)3/h4-8,11-12,17,25H,9-10,13H2,1-3H3,(H,24,28)/t17-/m1/s1. The third-order valence-electron chi connectivity index (χ3n) is 5.56. The summed E-state index contributed by atoms with van der Waals surface area (Å²) in [6, 6.07) is 13.1. The number of amides is 1. The number of carbonyl (C=O) groups is 1. The molecule has 1 aliphatic heterocycles. The van der Waals surface area contributed by atoms with Crippen molar-refractivity contribution in [2.75, 3.05) is 37.4 Å². The number of halogens is 1. The number of aromatic amines is 1. The van der Waals surface area contributed by atoms with E-state index in [1.165, 1.54) is 6.07 Å². The molecule has 28 heavy (non-hydrogen) atoms. The van der Waals surface area contributed by atoms with Gasteiger partial charge in [-0.15, -0.1) is 0 Å². The third-order valence-corrected chi connectivity index (χ3v) is 5.56. The molecule has 1 aromatic heterocycles. The summed E-state index contributed by atoms with van der Waals surface area (Å²) in [5.41, 5.74) is 3.74. The average molecular weight is 380 g/mol. The van der Waals surface area contributed by atoms with E-state index in [9.17, 15) is 9.18 Å². The van der Waals surface area contributed by atoms with E-state index in [0.29, 0.717) is 22.6 Å². The highest BCUT2D eigenvalue weighted by Gasteiger charge is 2.24. The Hall–Kier alpha value is -2.86. The number of benzene rings is 2. The number of aryl methyl sites for hydroxylation is 1. The summed E-state index contributed by atoms with van der Waals surface area (Å²) in [5, 5.41) is 3.36. The van der Waals surface area contributed by atoms with Gasteiger partial charge in [-0.25, -0.2) is 4.39 Å². The van der Waals surface area contributed by atoms with Crippen molar-refractivity contribution in [3.8, 4) is 0 Å². The lowest BCUT2D eigenvalue weighted by Crippen LogP contribution is -2.31. The van der Waals surface area contributed by atoms with Gasteiger partial charge in [0.1, 0.15) is 11.5 Å². The second kappa shape index (κ2) is 7.28. The van der Waals surface area contributed by atoms with E-state index < -0.39 is 0 Å². The number of rotatable bonds is 4. The summed E-state index contributed by atoms with van der Waals surface area (Å²) in [5.74, 6) is -0.609. The van der Waals surface area contributed by atoms with Gasteiger partial charge >= 0.3 is 0 Å². The van der Waals surface area contributed by atoms with Gasteiger partial charge in [0.2, 0.25) is 0 Å². The number of likely N-dealkylation sites (N-methyl/N-ethyl adjacent to an activating group) is 1. The molecule has 2 heterocycles. The molecule has 1 saturated heterocycles. The Morgan fingerprint density at radius 3 is 2.79 bits per heavy atom. The second-order valence-corrected chi connectivity index (χ2v) is 7.69. The van der Waals surface area contributed by atoms with E-state index in [-0.39, 0.29) is 11.7 Å². The molecule has 3 aromatic rings. The molecule has 0 aliphatic carbocycles. The zero-order valence-electron chi connectivity index (χ0n) is 16.4. The molecular formula is C22H25FN4O. The largest absolute Gasteiger partial charge is 0.370 e. The number of H-pyrrole nitrogens is 1. The summed E-state index contributed by atoms with van der Waals surface area (Å²) < 4.78 is 14.0. The smallest absolute Gasteiger partial charge is 0.272 e. The van der Waals surface area contributed by atoms with Crippen LogP contribution in [0.15, 0.2) is 42.5 Å². The van der Waals surface area contributed by atoms with Gasteiger partial charge in [-0.1, -0.05) is 12.1 Å². The maximum absolute atomic E-state index is 14.0. The Kier molecular flexibility index (Phi) is 4.81. The predicted molar refractivity (Wildman–Crippen MR) is 112 cm³/mol. The first-order valence-corrected chi connectivity index (χ1v) is 9.53. The highest BCUT2D eigenvalue weighted by Crippen LogP contribution is 2.26. The van der Waals surface area contributed by atoms with Gasteiger partial charge in [-0.2, -0.15) is 0 Å². The molecule has 0 unspecified atom stereocenters. The fraction of sp³-hybridized carbons (Fsp3) is 0.318. The van der Waals surface area contributed by atoms with E-state index in [0.717, 1.165) is 36.4 Å². The minimum atomic E-state index is -0.331. The summed E-state index contributed by atoms with van der Waals surface area (Å²) in [4.78, 5) is 20.3. The Bertz CT molecular complexity index is 988. The molecule has 2 aromatic carbocycles. The second-order valence-electron chi connectivity index (χ2n) is 7.69. The Labute approximate surface area is 164 Å². The molecule has 5 nitrogen and oxygen atoms in total. The molecule has 0 bridgehead atoms. The van der Waals surface area contributed by atoms with E-state index in [1.807, 2.05) is 25.1 Å². The maximum Gasteiger partial charge on any atom is 0.272 e. The van der Waals surface area contributed by atoms with Crippen LogP contribution in [-0.4, -0.2) is 49.0 Å². The minimum Gasteiger partial charge on any atom is -0.370 e. The SMILES string of the molecule is Cc1ccc(F)c2cc(C(=O)Nc3cccc(N4CC[C@@H](N(C)C)C4)c3)[nH]c12. The summed E-state index contributed by atoms with van der Waals surface area (Å²) in [6.07, 6.45) is 1.13. The van der Waals surface area contributed by atoms with Gasteiger partial charge in [0, 0.05) is 35.9 Å². The number of hydrogen-bond donors (Lipinski definition) is 2. The first-order valence-electron chi connectivity index (χ1n) is 9.53. The minimum absolute atomic E-state index is 0.278. The monoisotopic (exact) mass is 380 g/mol. The van der Waals surface area contributed by atoms with Crippen LogP contribution in [0.1, 0.15) is 22.5 Å². The van der Waals surface area contributed by atoms with Crippen LogP contribution in [0.25, 0.3) is 10.9 Å². The molecule has 6 heteroatoms. The van der Waals surface area contributed by atoms with Crippen molar-refractivity contribution in [2.24, 2.45) is 0 Å². The molecule has 0 saturated carbocycles. The van der Waals surface area contributed by atoms with Crippen molar-refractivity contribution < 1.29 is 9.18 Å². The van der Waals surface area contributed by atoms with Gasteiger partial charge in [0.25, 0.3) is 5.91 Å². The fourth-order valence-corrected chi connectivity index (χ4v) is 3.82. The van der Waals surface area contributed by atoms with Crippen LogP contribution in [0, 0.1) is 12.7 Å².